The molecule has 2 N–H and O–H groups in total. The lowest BCUT2D eigenvalue weighted by Crippen LogP contribution is -2.35. The zero-order chi connectivity index (χ0) is 21.9. The standard InChI is InChI=1S/C21H26N2O5S2/c1-3-15(2)16-7-9-18(10-8-16)22-21(24)17-5-4-6-20(13-17)30(27,28)23-19-11-12-29(25,26)14-19/h4-10,13,15,19,23H,3,11-12,14H2,1-2H3,(H,22,24)/t15-,19+/m0/s1. The molecule has 2 aromatic carbocycles. The number of carbonyl (C=O) groups excluding carboxylic acids is 1. The Kier molecular flexibility index (Phi) is 6.64. The van der Waals surface area contributed by atoms with E-state index >= 15 is 0 Å². The molecule has 1 saturated heterocycles. The van der Waals surface area contributed by atoms with Crippen LogP contribution in [0.2, 0.25) is 0 Å². The second-order valence-corrected chi connectivity index (χ2v) is 11.6. The van der Waals surface area contributed by atoms with Crippen LogP contribution in [0.15, 0.2) is 53.4 Å². The zero-order valence-corrected chi connectivity index (χ0v) is 18.6. The van der Waals surface area contributed by atoms with Crippen LogP contribution in [0.3, 0.4) is 0 Å². The molecule has 2 atom stereocenters. The minimum absolute atomic E-state index is 0.0293. The van der Waals surface area contributed by atoms with E-state index < -0.39 is 31.8 Å². The topological polar surface area (TPSA) is 109 Å². The highest BCUT2D eigenvalue weighted by atomic mass is 32.2. The molecule has 0 aromatic heterocycles. The molecule has 1 heterocycles. The molecule has 9 heteroatoms. The van der Waals surface area contributed by atoms with Gasteiger partial charge in [0.1, 0.15) is 0 Å². The van der Waals surface area contributed by atoms with Crippen molar-refractivity contribution in [1.82, 2.24) is 4.72 Å². The summed E-state index contributed by atoms with van der Waals surface area (Å²) in [6.07, 6.45) is 1.27. The number of hydrogen-bond donors (Lipinski definition) is 2. The Morgan fingerprint density at radius 1 is 1.17 bits per heavy atom. The van der Waals surface area contributed by atoms with Gasteiger partial charge in [-0.1, -0.05) is 32.0 Å². The van der Waals surface area contributed by atoms with Crippen molar-refractivity contribution in [3.05, 3.63) is 59.7 Å². The summed E-state index contributed by atoms with van der Waals surface area (Å²) in [6.45, 7) is 4.25. The first-order valence-electron chi connectivity index (χ1n) is 9.84. The van der Waals surface area contributed by atoms with E-state index in [0.717, 1.165) is 6.42 Å². The van der Waals surface area contributed by atoms with Crippen molar-refractivity contribution in [3.8, 4) is 0 Å². The molecule has 0 spiro atoms. The Morgan fingerprint density at radius 3 is 2.47 bits per heavy atom. The van der Waals surface area contributed by atoms with Crippen LogP contribution in [-0.4, -0.2) is 40.3 Å². The number of carbonyl (C=O) groups is 1. The first-order chi connectivity index (χ1) is 14.1. The SMILES string of the molecule is CC[C@H](C)c1ccc(NC(=O)c2cccc(S(=O)(=O)N[C@@H]3CCS(=O)(=O)C3)c2)cc1. The molecule has 1 amide bonds. The van der Waals surface area contributed by atoms with Crippen LogP contribution in [0.4, 0.5) is 5.69 Å². The third-order valence-electron chi connectivity index (χ3n) is 5.31. The van der Waals surface area contributed by atoms with Crippen molar-refractivity contribution in [2.75, 3.05) is 16.8 Å². The number of anilines is 1. The average Bonchev–Trinajstić information content (AvgIpc) is 3.05. The Morgan fingerprint density at radius 2 is 1.87 bits per heavy atom. The van der Waals surface area contributed by atoms with E-state index in [9.17, 15) is 21.6 Å². The van der Waals surface area contributed by atoms with E-state index in [0.29, 0.717) is 11.6 Å². The molecule has 0 radical (unpaired) electrons. The maximum Gasteiger partial charge on any atom is 0.255 e. The van der Waals surface area contributed by atoms with Gasteiger partial charge in [0.15, 0.2) is 9.84 Å². The average molecular weight is 451 g/mol. The summed E-state index contributed by atoms with van der Waals surface area (Å²) in [5, 5.41) is 2.77. The predicted molar refractivity (Wildman–Crippen MR) is 117 cm³/mol. The van der Waals surface area contributed by atoms with Crippen molar-refractivity contribution in [2.45, 2.75) is 43.5 Å². The van der Waals surface area contributed by atoms with Crippen molar-refractivity contribution < 1.29 is 21.6 Å². The minimum atomic E-state index is -3.94. The number of amides is 1. The molecule has 0 bridgehead atoms. The zero-order valence-electron chi connectivity index (χ0n) is 17.0. The van der Waals surface area contributed by atoms with Crippen LogP contribution in [0, 0.1) is 0 Å². The predicted octanol–water partition coefficient (Wildman–Crippen LogP) is 2.92. The van der Waals surface area contributed by atoms with Gasteiger partial charge in [-0.2, -0.15) is 0 Å². The lowest BCUT2D eigenvalue weighted by molar-refractivity contribution is 0.102. The van der Waals surface area contributed by atoms with E-state index in [1.54, 1.807) is 0 Å². The van der Waals surface area contributed by atoms with Crippen LogP contribution in [0.1, 0.15) is 48.5 Å². The third-order valence-corrected chi connectivity index (χ3v) is 8.60. The molecule has 7 nitrogen and oxygen atoms in total. The summed E-state index contributed by atoms with van der Waals surface area (Å²) in [4.78, 5) is 12.5. The summed E-state index contributed by atoms with van der Waals surface area (Å²) in [5.41, 5.74) is 2.00. The van der Waals surface area contributed by atoms with E-state index in [2.05, 4.69) is 23.9 Å². The third kappa shape index (κ3) is 5.47. The molecule has 30 heavy (non-hydrogen) atoms. The molecule has 162 valence electrons. The molecule has 0 saturated carbocycles. The second-order valence-electron chi connectivity index (χ2n) is 7.63. The van der Waals surface area contributed by atoms with Crippen molar-refractivity contribution in [2.24, 2.45) is 0 Å². The Balaban J connectivity index is 1.72. The van der Waals surface area contributed by atoms with Gasteiger partial charge in [0.25, 0.3) is 5.91 Å². The van der Waals surface area contributed by atoms with Crippen LogP contribution < -0.4 is 10.0 Å². The number of benzene rings is 2. The van der Waals surface area contributed by atoms with E-state index in [-0.39, 0.29) is 28.4 Å². The molecule has 2 aromatic rings. The van der Waals surface area contributed by atoms with Gasteiger partial charge in [0.05, 0.1) is 16.4 Å². The number of hydrogen-bond acceptors (Lipinski definition) is 5. The summed E-state index contributed by atoms with van der Waals surface area (Å²) < 4.78 is 50.8. The highest BCUT2D eigenvalue weighted by molar-refractivity contribution is 7.92. The normalized spacial score (nSPS) is 19.3. The number of sulfone groups is 1. The number of sulfonamides is 1. The fourth-order valence-corrected chi connectivity index (χ4v) is 6.41. The van der Waals surface area contributed by atoms with Crippen LogP contribution in [-0.2, 0) is 19.9 Å². The van der Waals surface area contributed by atoms with Crippen molar-refractivity contribution in [3.63, 3.8) is 0 Å². The van der Waals surface area contributed by atoms with E-state index in [1.165, 1.54) is 29.8 Å². The molecule has 1 fully saturated rings. The van der Waals surface area contributed by atoms with Crippen molar-refractivity contribution in [1.29, 1.82) is 0 Å². The smallest absolute Gasteiger partial charge is 0.255 e. The molecule has 3 rings (SSSR count). The summed E-state index contributed by atoms with van der Waals surface area (Å²) in [7, 11) is -7.14. The Bertz CT molecular complexity index is 1130. The monoisotopic (exact) mass is 450 g/mol. The van der Waals surface area contributed by atoms with Crippen LogP contribution >= 0.6 is 0 Å². The number of rotatable bonds is 7. The summed E-state index contributed by atoms with van der Waals surface area (Å²) in [6, 6.07) is 12.6. The molecular formula is C21H26N2O5S2. The summed E-state index contributed by atoms with van der Waals surface area (Å²) >= 11 is 0. The maximum atomic E-state index is 12.6. The molecule has 1 aliphatic rings. The first-order valence-corrected chi connectivity index (χ1v) is 13.1. The quantitative estimate of drug-likeness (QED) is 0.674. The van der Waals surface area contributed by atoms with Crippen LogP contribution in [0.25, 0.3) is 0 Å². The van der Waals surface area contributed by atoms with Gasteiger partial charge in [-0.05, 0) is 54.7 Å². The molecular weight excluding hydrogens is 424 g/mol. The van der Waals surface area contributed by atoms with Gasteiger partial charge in [-0.25, -0.2) is 21.6 Å². The minimum Gasteiger partial charge on any atom is -0.322 e. The highest BCUT2D eigenvalue weighted by Gasteiger charge is 2.31. The number of nitrogens with one attached hydrogen (secondary N) is 2. The highest BCUT2D eigenvalue weighted by Crippen LogP contribution is 2.21. The molecule has 0 unspecified atom stereocenters. The van der Waals surface area contributed by atoms with Gasteiger partial charge in [-0.3, -0.25) is 4.79 Å². The van der Waals surface area contributed by atoms with E-state index in [4.69, 9.17) is 0 Å². The Labute approximate surface area is 177 Å². The fourth-order valence-electron chi connectivity index (χ4n) is 3.31. The maximum absolute atomic E-state index is 12.6. The Hall–Kier alpha value is -2.23. The van der Waals surface area contributed by atoms with E-state index in [1.807, 2.05) is 24.3 Å². The fraction of sp³-hybridized carbons (Fsp3) is 0.381. The lowest BCUT2D eigenvalue weighted by Gasteiger charge is -2.13. The molecule has 0 aliphatic carbocycles. The largest absolute Gasteiger partial charge is 0.322 e. The van der Waals surface area contributed by atoms with Crippen LogP contribution in [0.5, 0.6) is 0 Å². The second kappa shape index (κ2) is 8.87. The van der Waals surface area contributed by atoms with Gasteiger partial charge in [0, 0.05) is 17.3 Å². The van der Waals surface area contributed by atoms with Gasteiger partial charge in [0.2, 0.25) is 10.0 Å². The van der Waals surface area contributed by atoms with Gasteiger partial charge < -0.3 is 5.32 Å². The lowest BCUT2D eigenvalue weighted by atomic mass is 9.98. The first kappa shape index (κ1) is 22.5. The summed E-state index contributed by atoms with van der Waals surface area (Å²) in [5.74, 6) is -0.233. The molecule has 1 aliphatic heterocycles. The van der Waals surface area contributed by atoms with Gasteiger partial charge in [-0.15, -0.1) is 0 Å². The van der Waals surface area contributed by atoms with Crippen molar-refractivity contribution >= 4 is 31.5 Å². The van der Waals surface area contributed by atoms with Gasteiger partial charge >= 0.3 is 0 Å².